The number of piperazine rings is 1. The standard InChI is InChI=1S/C21H25ClN2O2S/c1-23-6-8-24(9-7-23)18-10-14-4-5-15(25-2)11-20(14)27-21-13-19(26-3)17(22)12-16(18)21/h4-5,11-13,18H,6-10H2,1-3H3. The predicted molar refractivity (Wildman–Crippen MR) is 111 cm³/mol. The second-order valence-electron chi connectivity index (χ2n) is 7.16. The van der Waals surface area contributed by atoms with Crippen molar-refractivity contribution in [2.75, 3.05) is 47.4 Å². The van der Waals surface area contributed by atoms with Crippen molar-refractivity contribution in [1.29, 1.82) is 0 Å². The van der Waals surface area contributed by atoms with Crippen LogP contribution in [0.3, 0.4) is 0 Å². The molecule has 2 heterocycles. The van der Waals surface area contributed by atoms with Crippen LogP contribution in [0, 0.1) is 0 Å². The van der Waals surface area contributed by atoms with Gasteiger partial charge in [-0.05, 0) is 48.9 Å². The van der Waals surface area contributed by atoms with Crippen LogP contribution in [0.25, 0.3) is 0 Å². The predicted octanol–water partition coefficient (Wildman–Crippen LogP) is 4.35. The Hall–Kier alpha value is -1.40. The van der Waals surface area contributed by atoms with E-state index in [0.29, 0.717) is 11.1 Å². The molecule has 4 rings (SSSR count). The van der Waals surface area contributed by atoms with Crippen molar-refractivity contribution in [3.63, 3.8) is 0 Å². The average molecular weight is 405 g/mol. The third kappa shape index (κ3) is 3.79. The summed E-state index contributed by atoms with van der Waals surface area (Å²) in [5, 5.41) is 0.680. The minimum Gasteiger partial charge on any atom is -0.497 e. The van der Waals surface area contributed by atoms with Crippen molar-refractivity contribution in [3.8, 4) is 11.5 Å². The number of hydrogen-bond donors (Lipinski definition) is 0. The Morgan fingerprint density at radius 2 is 1.78 bits per heavy atom. The normalized spacial score (nSPS) is 20.5. The Morgan fingerprint density at radius 1 is 1.00 bits per heavy atom. The number of ether oxygens (including phenoxy) is 2. The lowest BCUT2D eigenvalue weighted by atomic mass is 9.96. The van der Waals surface area contributed by atoms with Crippen LogP contribution in [0.2, 0.25) is 5.02 Å². The molecular formula is C21H25ClN2O2S. The maximum absolute atomic E-state index is 6.52. The topological polar surface area (TPSA) is 24.9 Å². The highest BCUT2D eigenvalue weighted by atomic mass is 35.5. The van der Waals surface area contributed by atoms with Crippen LogP contribution in [0.1, 0.15) is 17.2 Å². The number of halogens is 1. The molecule has 2 aromatic rings. The summed E-state index contributed by atoms with van der Waals surface area (Å²) in [6.45, 7) is 4.33. The molecule has 1 fully saturated rings. The molecule has 0 N–H and O–H groups in total. The summed E-state index contributed by atoms with van der Waals surface area (Å²) >= 11 is 8.30. The maximum Gasteiger partial charge on any atom is 0.138 e. The van der Waals surface area contributed by atoms with Crippen molar-refractivity contribution in [1.82, 2.24) is 9.80 Å². The van der Waals surface area contributed by atoms with Gasteiger partial charge in [0, 0.05) is 42.0 Å². The quantitative estimate of drug-likeness (QED) is 0.757. The van der Waals surface area contributed by atoms with E-state index in [-0.39, 0.29) is 0 Å². The third-order valence-corrected chi connectivity index (χ3v) is 7.00. The number of rotatable bonds is 3. The molecule has 1 atom stereocenters. The zero-order valence-corrected chi connectivity index (χ0v) is 17.6. The van der Waals surface area contributed by atoms with Gasteiger partial charge in [-0.3, -0.25) is 4.90 Å². The van der Waals surface area contributed by atoms with E-state index in [4.69, 9.17) is 21.1 Å². The molecule has 1 unspecified atom stereocenters. The number of benzene rings is 2. The summed E-state index contributed by atoms with van der Waals surface area (Å²) in [5.41, 5.74) is 2.65. The van der Waals surface area contributed by atoms with Crippen LogP contribution in [-0.4, -0.2) is 57.2 Å². The Kier molecular flexibility index (Phi) is 5.55. The van der Waals surface area contributed by atoms with Gasteiger partial charge in [-0.15, -0.1) is 0 Å². The summed E-state index contributed by atoms with van der Waals surface area (Å²) in [6, 6.07) is 10.9. The van der Waals surface area contributed by atoms with E-state index in [9.17, 15) is 0 Å². The van der Waals surface area contributed by atoms with Crippen molar-refractivity contribution in [2.24, 2.45) is 0 Å². The van der Waals surface area contributed by atoms with Crippen LogP contribution in [0.5, 0.6) is 11.5 Å². The minimum absolute atomic E-state index is 0.319. The highest BCUT2D eigenvalue weighted by molar-refractivity contribution is 7.99. The molecular weight excluding hydrogens is 380 g/mol. The van der Waals surface area contributed by atoms with Gasteiger partial charge in [-0.25, -0.2) is 0 Å². The van der Waals surface area contributed by atoms with Crippen LogP contribution in [-0.2, 0) is 6.42 Å². The molecule has 6 heteroatoms. The van der Waals surface area contributed by atoms with E-state index >= 15 is 0 Å². The highest BCUT2D eigenvalue weighted by Gasteiger charge is 2.30. The highest BCUT2D eigenvalue weighted by Crippen LogP contribution is 2.47. The molecule has 0 bridgehead atoms. The summed E-state index contributed by atoms with van der Waals surface area (Å²) in [6.07, 6.45) is 0.978. The SMILES string of the molecule is COc1ccc2c(c1)Sc1cc(OC)c(Cl)cc1C(N1CCN(C)CC1)C2. The van der Waals surface area contributed by atoms with E-state index in [1.165, 1.54) is 20.9 Å². The van der Waals surface area contributed by atoms with E-state index in [2.05, 4.69) is 47.2 Å². The van der Waals surface area contributed by atoms with Gasteiger partial charge in [-0.1, -0.05) is 29.4 Å². The van der Waals surface area contributed by atoms with Crippen molar-refractivity contribution in [2.45, 2.75) is 22.3 Å². The summed E-state index contributed by atoms with van der Waals surface area (Å²) in [7, 11) is 5.58. The van der Waals surface area contributed by atoms with Crippen molar-refractivity contribution >= 4 is 23.4 Å². The lowest BCUT2D eigenvalue weighted by Crippen LogP contribution is -2.46. The molecule has 0 aromatic heterocycles. The van der Waals surface area contributed by atoms with Crippen LogP contribution in [0.4, 0.5) is 0 Å². The first-order valence-electron chi connectivity index (χ1n) is 9.24. The third-order valence-electron chi connectivity index (χ3n) is 5.53. The lowest BCUT2D eigenvalue weighted by molar-refractivity contribution is 0.110. The molecule has 0 amide bonds. The van der Waals surface area contributed by atoms with E-state index in [1.807, 2.05) is 0 Å². The zero-order valence-electron chi connectivity index (χ0n) is 16.0. The zero-order chi connectivity index (χ0) is 19.0. The van der Waals surface area contributed by atoms with E-state index in [0.717, 1.165) is 44.1 Å². The Labute approximate surface area is 170 Å². The first kappa shape index (κ1) is 18.9. The van der Waals surface area contributed by atoms with Gasteiger partial charge in [0.1, 0.15) is 11.5 Å². The largest absolute Gasteiger partial charge is 0.497 e. The minimum atomic E-state index is 0.319. The molecule has 2 aliphatic rings. The summed E-state index contributed by atoms with van der Waals surface area (Å²) < 4.78 is 10.9. The van der Waals surface area contributed by atoms with Crippen LogP contribution >= 0.6 is 23.4 Å². The average Bonchev–Trinajstić information content (AvgIpc) is 2.83. The second-order valence-corrected chi connectivity index (χ2v) is 8.65. The molecule has 144 valence electrons. The smallest absolute Gasteiger partial charge is 0.138 e. The number of nitrogens with zero attached hydrogens (tertiary/aromatic N) is 2. The second kappa shape index (κ2) is 7.92. The van der Waals surface area contributed by atoms with Gasteiger partial charge in [0.05, 0.1) is 19.2 Å². The molecule has 1 saturated heterocycles. The summed E-state index contributed by atoms with van der Waals surface area (Å²) in [4.78, 5) is 7.45. The number of methoxy groups -OCH3 is 2. The molecule has 0 aliphatic carbocycles. The molecule has 2 aliphatic heterocycles. The molecule has 0 radical (unpaired) electrons. The fourth-order valence-corrected chi connectivity index (χ4v) is 5.30. The van der Waals surface area contributed by atoms with Gasteiger partial charge in [-0.2, -0.15) is 0 Å². The lowest BCUT2D eigenvalue weighted by Gasteiger charge is -2.38. The van der Waals surface area contributed by atoms with Gasteiger partial charge >= 0.3 is 0 Å². The number of fused-ring (bicyclic) bond motifs is 2. The molecule has 27 heavy (non-hydrogen) atoms. The monoisotopic (exact) mass is 404 g/mol. The Morgan fingerprint density at radius 3 is 2.48 bits per heavy atom. The molecule has 4 nitrogen and oxygen atoms in total. The molecule has 0 spiro atoms. The van der Waals surface area contributed by atoms with Gasteiger partial charge < -0.3 is 14.4 Å². The summed E-state index contributed by atoms with van der Waals surface area (Å²) in [5.74, 6) is 1.62. The first-order valence-corrected chi connectivity index (χ1v) is 10.4. The van der Waals surface area contributed by atoms with E-state index in [1.54, 1.807) is 26.0 Å². The van der Waals surface area contributed by atoms with Crippen LogP contribution < -0.4 is 9.47 Å². The number of likely N-dealkylation sites (N-methyl/N-ethyl adjacent to an activating group) is 1. The fourth-order valence-electron chi connectivity index (χ4n) is 3.88. The fraction of sp³-hybridized carbons (Fsp3) is 0.429. The van der Waals surface area contributed by atoms with Crippen molar-refractivity contribution in [3.05, 3.63) is 46.5 Å². The van der Waals surface area contributed by atoms with Gasteiger partial charge in [0.15, 0.2) is 0 Å². The van der Waals surface area contributed by atoms with Crippen molar-refractivity contribution < 1.29 is 9.47 Å². The molecule has 0 saturated carbocycles. The van der Waals surface area contributed by atoms with Gasteiger partial charge in [0.2, 0.25) is 0 Å². The number of hydrogen-bond acceptors (Lipinski definition) is 5. The Bertz CT molecular complexity index is 837. The molecule has 2 aromatic carbocycles. The van der Waals surface area contributed by atoms with Crippen LogP contribution in [0.15, 0.2) is 40.1 Å². The Balaban J connectivity index is 1.79. The first-order chi connectivity index (χ1) is 13.1. The maximum atomic E-state index is 6.52. The van der Waals surface area contributed by atoms with Gasteiger partial charge in [0.25, 0.3) is 0 Å². The van der Waals surface area contributed by atoms with E-state index < -0.39 is 0 Å².